The van der Waals surface area contributed by atoms with Crippen molar-refractivity contribution >= 4 is 29.2 Å². The molecule has 114 valence electrons. The van der Waals surface area contributed by atoms with Crippen molar-refractivity contribution in [2.75, 3.05) is 19.5 Å². The molecule has 0 amide bonds. The lowest BCUT2D eigenvalue weighted by Crippen LogP contribution is -2.06. The molecule has 0 aromatic heterocycles. The predicted molar refractivity (Wildman–Crippen MR) is 91.4 cm³/mol. The molecule has 5 heteroatoms. The predicted octanol–water partition coefficient (Wildman–Crippen LogP) is 4.46. The minimum atomic E-state index is 0.246. The Morgan fingerprint density at radius 2 is 1.64 bits per heavy atom. The Labute approximate surface area is 134 Å². The molecular formula is C17H17ClN2O2. The number of benzene rings is 2. The second-order valence-electron chi connectivity index (χ2n) is 4.46. The van der Waals surface area contributed by atoms with E-state index in [9.17, 15) is 0 Å². The second-order valence-corrected chi connectivity index (χ2v) is 4.89. The van der Waals surface area contributed by atoms with Crippen molar-refractivity contribution in [2.24, 2.45) is 0 Å². The van der Waals surface area contributed by atoms with E-state index in [0.717, 1.165) is 11.3 Å². The molecule has 0 saturated carbocycles. The molecule has 0 fully saturated rings. The van der Waals surface area contributed by atoms with Crippen LogP contribution < -0.4 is 14.8 Å². The van der Waals surface area contributed by atoms with Gasteiger partial charge in [0.05, 0.1) is 19.8 Å². The number of anilines is 1. The highest BCUT2D eigenvalue weighted by molar-refractivity contribution is 6.30. The van der Waals surface area contributed by atoms with Crippen molar-refractivity contribution in [1.29, 1.82) is 5.41 Å². The largest absolute Gasteiger partial charge is 0.496 e. The molecule has 0 aliphatic heterocycles. The van der Waals surface area contributed by atoms with Gasteiger partial charge in [-0.3, -0.25) is 5.41 Å². The van der Waals surface area contributed by atoms with E-state index < -0.39 is 0 Å². The van der Waals surface area contributed by atoms with Gasteiger partial charge >= 0.3 is 0 Å². The van der Waals surface area contributed by atoms with Crippen LogP contribution in [0.2, 0.25) is 5.02 Å². The second kappa shape index (κ2) is 7.52. The van der Waals surface area contributed by atoms with Gasteiger partial charge in [-0.05, 0) is 48.6 Å². The Bertz CT molecular complexity index is 659. The first kappa shape index (κ1) is 15.9. The van der Waals surface area contributed by atoms with Crippen molar-refractivity contribution in [3.05, 3.63) is 59.1 Å². The number of methoxy groups -OCH3 is 2. The fraction of sp³-hybridized carbons (Fsp3) is 0.118. The zero-order valence-electron chi connectivity index (χ0n) is 12.4. The summed E-state index contributed by atoms with van der Waals surface area (Å²) < 4.78 is 10.6. The lowest BCUT2D eigenvalue weighted by atomic mass is 10.1. The Morgan fingerprint density at radius 3 is 2.18 bits per heavy atom. The molecular weight excluding hydrogens is 300 g/mol. The van der Waals surface area contributed by atoms with Gasteiger partial charge in [-0.15, -0.1) is 0 Å². The van der Waals surface area contributed by atoms with Gasteiger partial charge in [-0.25, -0.2) is 0 Å². The fourth-order valence-electron chi connectivity index (χ4n) is 1.94. The van der Waals surface area contributed by atoms with Gasteiger partial charge in [-0.2, -0.15) is 0 Å². The van der Waals surface area contributed by atoms with Crippen molar-refractivity contribution in [3.63, 3.8) is 0 Å². The maximum absolute atomic E-state index is 7.97. The standard InChI is InChI=1S/C17H17ClN2O2/c1-21-15-4-3-5-16(22-2)14(15)10-11-17(19)20-13-8-6-12(18)7-9-13/h3-11H,1-2H3,(H2,19,20)/b11-10+. The third-order valence-electron chi connectivity index (χ3n) is 3.01. The average molecular weight is 317 g/mol. The Hall–Kier alpha value is -2.46. The van der Waals surface area contributed by atoms with Crippen molar-refractivity contribution < 1.29 is 9.47 Å². The van der Waals surface area contributed by atoms with Crippen LogP contribution in [0.25, 0.3) is 6.08 Å². The molecule has 0 radical (unpaired) electrons. The van der Waals surface area contributed by atoms with Crippen LogP contribution in [0.3, 0.4) is 0 Å². The zero-order valence-corrected chi connectivity index (χ0v) is 13.1. The Balaban J connectivity index is 2.14. The first-order valence-electron chi connectivity index (χ1n) is 6.64. The van der Waals surface area contributed by atoms with Crippen LogP contribution in [0.15, 0.2) is 48.5 Å². The summed E-state index contributed by atoms with van der Waals surface area (Å²) in [6.07, 6.45) is 3.43. The first-order valence-corrected chi connectivity index (χ1v) is 7.02. The lowest BCUT2D eigenvalue weighted by Gasteiger charge is -2.10. The summed E-state index contributed by atoms with van der Waals surface area (Å²) in [5, 5.41) is 11.6. The van der Waals surface area contributed by atoms with Crippen LogP contribution in [0, 0.1) is 5.41 Å². The summed E-state index contributed by atoms with van der Waals surface area (Å²) in [5.41, 5.74) is 1.58. The van der Waals surface area contributed by atoms with E-state index in [-0.39, 0.29) is 5.84 Å². The summed E-state index contributed by atoms with van der Waals surface area (Å²) in [4.78, 5) is 0. The molecule has 0 heterocycles. The van der Waals surface area contributed by atoms with Crippen LogP contribution in [-0.4, -0.2) is 20.1 Å². The SMILES string of the molecule is COc1cccc(OC)c1/C=C/C(=N)Nc1ccc(Cl)cc1. The van der Waals surface area contributed by atoms with Gasteiger partial charge in [0.1, 0.15) is 17.3 Å². The zero-order chi connectivity index (χ0) is 15.9. The number of halogens is 1. The van der Waals surface area contributed by atoms with Gasteiger partial charge in [-0.1, -0.05) is 17.7 Å². The van der Waals surface area contributed by atoms with Gasteiger partial charge in [0.15, 0.2) is 0 Å². The molecule has 4 nitrogen and oxygen atoms in total. The highest BCUT2D eigenvalue weighted by Crippen LogP contribution is 2.29. The number of rotatable bonds is 5. The van der Waals surface area contributed by atoms with Crippen LogP contribution >= 0.6 is 11.6 Å². The number of ether oxygens (including phenoxy) is 2. The molecule has 2 aromatic carbocycles. The van der Waals surface area contributed by atoms with E-state index in [4.69, 9.17) is 26.5 Å². The van der Waals surface area contributed by atoms with E-state index in [1.165, 1.54) is 0 Å². The summed E-state index contributed by atoms with van der Waals surface area (Å²) in [5.74, 6) is 1.63. The summed E-state index contributed by atoms with van der Waals surface area (Å²) in [6.45, 7) is 0. The van der Waals surface area contributed by atoms with Crippen molar-refractivity contribution in [2.45, 2.75) is 0 Å². The number of nitrogens with one attached hydrogen (secondary N) is 2. The summed E-state index contributed by atoms with van der Waals surface area (Å²) in [6, 6.07) is 12.7. The third kappa shape index (κ3) is 4.02. The van der Waals surface area contributed by atoms with Crippen LogP contribution in [0.1, 0.15) is 5.56 Å². The normalized spacial score (nSPS) is 10.5. The molecule has 0 spiro atoms. The number of hydrogen-bond donors (Lipinski definition) is 2. The van der Waals surface area contributed by atoms with E-state index in [1.54, 1.807) is 38.5 Å². The van der Waals surface area contributed by atoms with Crippen molar-refractivity contribution in [1.82, 2.24) is 0 Å². The van der Waals surface area contributed by atoms with Gasteiger partial charge in [0, 0.05) is 10.7 Å². The number of amidine groups is 1. The van der Waals surface area contributed by atoms with Gasteiger partial charge in [0.2, 0.25) is 0 Å². The minimum Gasteiger partial charge on any atom is -0.496 e. The lowest BCUT2D eigenvalue weighted by molar-refractivity contribution is 0.392. The highest BCUT2D eigenvalue weighted by atomic mass is 35.5. The molecule has 22 heavy (non-hydrogen) atoms. The monoisotopic (exact) mass is 316 g/mol. The maximum atomic E-state index is 7.97. The van der Waals surface area contributed by atoms with Gasteiger partial charge < -0.3 is 14.8 Å². The first-order chi connectivity index (χ1) is 10.6. The fourth-order valence-corrected chi connectivity index (χ4v) is 2.07. The quantitative estimate of drug-likeness (QED) is 0.632. The van der Waals surface area contributed by atoms with Crippen LogP contribution in [0.4, 0.5) is 5.69 Å². The van der Waals surface area contributed by atoms with Gasteiger partial charge in [0.25, 0.3) is 0 Å². The minimum absolute atomic E-state index is 0.246. The smallest absolute Gasteiger partial charge is 0.129 e. The Kier molecular flexibility index (Phi) is 5.44. The molecule has 0 aliphatic rings. The van der Waals surface area contributed by atoms with Crippen molar-refractivity contribution in [3.8, 4) is 11.5 Å². The molecule has 0 aliphatic carbocycles. The summed E-state index contributed by atoms with van der Waals surface area (Å²) in [7, 11) is 3.20. The molecule has 0 bridgehead atoms. The van der Waals surface area contributed by atoms with Crippen LogP contribution in [0.5, 0.6) is 11.5 Å². The highest BCUT2D eigenvalue weighted by Gasteiger charge is 2.06. The molecule has 2 aromatic rings. The molecule has 2 N–H and O–H groups in total. The Morgan fingerprint density at radius 1 is 1.05 bits per heavy atom. The third-order valence-corrected chi connectivity index (χ3v) is 3.26. The topological polar surface area (TPSA) is 54.3 Å². The van der Waals surface area contributed by atoms with E-state index >= 15 is 0 Å². The van der Waals surface area contributed by atoms with Crippen LogP contribution in [-0.2, 0) is 0 Å². The summed E-state index contributed by atoms with van der Waals surface area (Å²) >= 11 is 5.83. The van der Waals surface area contributed by atoms with E-state index in [0.29, 0.717) is 16.5 Å². The maximum Gasteiger partial charge on any atom is 0.129 e. The molecule has 0 saturated heterocycles. The molecule has 2 rings (SSSR count). The molecule has 0 unspecified atom stereocenters. The average Bonchev–Trinajstić information content (AvgIpc) is 2.54. The van der Waals surface area contributed by atoms with E-state index in [2.05, 4.69) is 5.32 Å². The van der Waals surface area contributed by atoms with E-state index in [1.807, 2.05) is 30.3 Å². The molecule has 0 atom stereocenters. The number of hydrogen-bond acceptors (Lipinski definition) is 3.